The van der Waals surface area contributed by atoms with E-state index in [1.165, 1.54) is 11.3 Å². The van der Waals surface area contributed by atoms with Gasteiger partial charge in [0.1, 0.15) is 0 Å². The minimum Gasteiger partial charge on any atom is -0.372 e. The minimum absolute atomic E-state index is 0.0710. The zero-order valence-electron chi connectivity index (χ0n) is 10.9. The van der Waals surface area contributed by atoms with Crippen LogP contribution in [0.25, 0.3) is 0 Å². The molecule has 0 amide bonds. The van der Waals surface area contributed by atoms with Crippen molar-refractivity contribution < 1.29 is 4.74 Å². The summed E-state index contributed by atoms with van der Waals surface area (Å²) < 4.78 is 5.74. The molecule has 0 bridgehead atoms. The average molecular weight is 235 g/mol. The normalized spacial score (nSPS) is 19.4. The fourth-order valence-electron chi connectivity index (χ4n) is 2.28. The van der Waals surface area contributed by atoms with Crippen LogP contribution >= 0.6 is 0 Å². The van der Waals surface area contributed by atoms with E-state index in [4.69, 9.17) is 4.74 Å². The van der Waals surface area contributed by atoms with Crippen molar-refractivity contribution in [2.24, 2.45) is 0 Å². The molecule has 0 aliphatic carbocycles. The van der Waals surface area contributed by atoms with Gasteiger partial charge in [-0.3, -0.25) is 4.98 Å². The largest absolute Gasteiger partial charge is 0.372 e. The Morgan fingerprint density at radius 2 is 2.35 bits per heavy atom. The third-order valence-electron chi connectivity index (χ3n) is 3.01. The van der Waals surface area contributed by atoms with Crippen molar-refractivity contribution in [3.63, 3.8) is 0 Å². The minimum atomic E-state index is -0.0710. The molecule has 1 aromatic rings. The van der Waals surface area contributed by atoms with Gasteiger partial charge in [0.15, 0.2) is 0 Å². The van der Waals surface area contributed by atoms with Crippen molar-refractivity contribution in [3.8, 4) is 0 Å². The molecule has 0 unspecified atom stereocenters. The van der Waals surface area contributed by atoms with Crippen molar-refractivity contribution >= 4 is 5.69 Å². The molecular formula is C13H21N3O. The number of rotatable bonds is 3. The Labute approximate surface area is 103 Å². The van der Waals surface area contributed by atoms with Gasteiger partial charge in [-0.2, -0.15) is 0 Å². The van der Waals surface area contributed by atoms with E-state index in [0.29, 0.717) is 0 Å². The lowest BCUT2D eigenvalue weighted by Gasteiger charge is -2.40. The van der Waals surface area contributed by atoms with Gasteiger partial charge in [0.25, 0.3) is 0 Å². The number of hydrogen-bond donors (Lipinski definition) is 1. The molecule has 0 atom stereocenters. The van der Waals surface area contributed by atoms with E-state index in [1.54, 1.807) is 0 Å². The summed E-state index contributed by atoms with van der Waals surface area (Å²) in [5, 5.41) is 3.19. The van der Waals surface area contributed by atoms with Gasteiger partial charge in [-0.1, -0.05) is 0 Å². The first-order valence-corrected chi connectivity index (χ1v) is 6.09. The fourth-order valence-corrected chi connectivity index (χ4v) is 2.28. The van der Waals surface area contributed by atoms with Gasteiger partial charge in [0, 0.05) is 43.3 Å². The molecule has 17 heavy (non-hydrogen) atoms. The van der Waals surface area contributed by atoms with Gasteiger partial charge >= 0.3 is 0 Å². The van der Waals surface area contributed by atoms with Crippen molar-refractivity contribution in [1.82, 2.24) is 10.3 Å². The number of nitrogens with zero attached hydrogens (tertiary/aromatic N) is 2. The van der Waals surface area contributed by atoms with E-state index < -0.39 is 0 Å². The van der Waals surface area contributed by atoms with Crippen molar-refractivity contribution in [3.05, 3.63) is 24.0 Å². The van der Waals surface area contributed by atoms with E-state index in [9.17, 15) is 0 Å². The van der Waals surface area contributed by atoms with Crippen LogP contribution in [0, 0.1) is 0 Å². The molecule has 1 aromatic heterocycles. The van der Waals surface area contributed by atoms with Gasteiger partial charge in [-0.15, -0.1) is 0 Å². The van der Waals surface area contributed by atoms with Gasteiger partial charge in [0.2, 0.25) is 0 Å². The summed E-state index contributed by atoms with van der Waals surface area (Å²) in [5.74, 6) is 0. The third kappa shape index (κ3) is 2.96. The lowest BCUT2D eigenvalue weighted by atomic mass is 10.1. The van der Waals surface area contributed by atoms with Crippen LogP contribution in [0.15, 0.2) is 18.5 Å². The molecule has 1 aliphatic heterocycles. The average Bonchev–Trinajstić information content (AvgIpc) is 2.29. The molecule has 94 valence electrons. The lowest BCUT2D eigenvalue weighted by Crippen LogP contribution is -2.48. The maximum absolute atomic E-state index is 5.74. The number of anilines is 1. The molecule has 2 rings (SSSR count). The summed E-state index contributed by atoms with van der Waals surface area (Å²) in [7, 11) is 1.96. The molecular weight excluding hydrogens is 214 g/mol. The summed E-state index contributed by atoms with van der Waals surface area (Å²) in [4.78, 5) is 6.58. The smallest absolute Gasteiger partial charge is 0.0801 e. The highest BCUT2D eigenvalue weighted by molar-refractivity contribution is 5.52. The summed E-state index contributed by atoms with van der Waals surface area (Å²) in [6.07, 6.45) is 3.80. The van der Waals surface area contributed by atoms with E-state index in [2.05, 4.69) is 35.1 Å². The topological polar surface area (TPSA) is 37.4 Å². The first kappa shape index (κ1) is 12.3. The Bertz CT molecular complexity index is 379. The molecule has 4 nitrogen and oxygen atoms in total. The second-order valence-electron chi connectivity index (χ2n) is 5.06. The third-order valence-corrected chi connectivity index (χ3v) is 3.01. The maximum atomic E-state index is 5.74. The molecule has 2 heterocycles. The highest BCUT2D eigenvalue weighted by Gasteiger charge is 2.28. The number of morpholine rings is 1. The number of hydrogen-bond acceptors (Lipinski definition) is 4. The molecule has 1 saturated heterocycles. The zero-order valence-corrected chi connectivity index (χ0v) is 10.9. The molecule has 1 aliphatic rings. The number of nitrogens with one attached hydrogen (secondary N) is 1. The number of aromatic nitrogens is 1. The summed E-state index contributed by atoms with van der Waals surface area (Å²) in [5.41, 5.74) is 2.44. The zero-order chi connectivity index (χ0) is 12.3. The predicted octanol–water partition coefficient (Wildman–Crippen LogP) is 1.42. The Balaban J connectivity index is 2.21. The highest BCUT2D eigenvalue weighted by atomic mass is 16.5. The van der Waals surface area contributed by atoms with Gasteiger partial charge in [-0.25, -0.2) is 0 Å². The summed E-state index contributed by atoms with van der Waals surface area (Å²) >= 11 is 0. The second kappa shape index (κ2) is 5.02. The van der Waals surface area contributed by atoms with Crippen LogP contribution in [0.5, 0.6) is 0 Å². The fraction of sp³-hybridized carbons (Fsp3) is 0.615. The molecule has 0 saturated carbocycles. The predicted molar refractivity (Wildman–Crippen MR) is 69.2 cm³/mol. The van der Waals surface area contributed by atoms with Gasteiger partial charge < -0.3 is 15.0 Å². The van der Waals surface area contributed by atoms with Gasteiger partial charge in [-0.05, 0) is 27.0 Å². The van der Waals surface area contributed by atoms with E-state index in [-0.39, 0.29) is 5.60 Å². The van der Waals surface area contributed by atoms with Crippen molar-refractivity contribution in [2.45, 2.75) is 26.0 Å². The van der Waals surface area contributed by atoms with E-state index in [0.717, 1.165) is 26.2 Å². The Hall–Kier alpha value is -1.13. The molecule has 1 N–H and O–H groups in total. The molecule has 0 spiro atoms. The van der Waals surface area contributed by atoms with Crippen LogP contribution in [-0.4, -0.2) is 37.3 Å². The van der Waals surface area contributed by atoms with Crippen molar-refractivity contribution in [2.75, 3.05) is 31.6 Å². The van der Waals surface area contributed by atoms with Gasteiger partial charge in [0.05, 0.1) is 12.2 Å². The van der Waals surface area contributed by atoms with E-state index in [1.807, 2.05) is 19.4 Å². The van der Waals surface area contributed by atoms with Crippen LogP contribution < -0.4 is 10.2 Å². The van der Waals surface area contributed by atoms with Crippen LogP contribution in [0.1, 0.15) is 19.4 Å². The first-order valence-electron chi connectivity index (χ1n) is 6.09. The Morgan fingerprint density at radius 3 is 3.06 bits per heavy atom. The first-order chi connectivity index (χ1) is 8.12. The maximum Gasteiger partial charge on any atom is 0.0801 e. The lowest BCUT2D eigenvalue weighted by molar-refractivity contribution is -0.0277. The standard InChI is InChI=1S/C13H21N3O/c1-13(2)10-16(6-7-17-13)12-4-5-15-9-11(12)8-14-3/h4-5,9,14H,6-8,10H2,1-3H3. The molecule has 0 aromatic carbocycles. The number of ether oxygens (including phenoxy) is 1. The quantitative estimate of drug-likeness (QED) is 0.859. The summed E-state index contributed by atoms with van der Waals surface area (Å²) in [6.45, 7) is 7.78. The van der Waals surface area contributed by atoms with Crippen LogP contribution in [0.2, 0.25) is 0 Å². The Kier molecular flexibility index (Phi) is 3.64. The molecule has 0 radical (unpaired) electrons. The Morgan fingerprint density at radius 1 is 1.53 bits per heavy atom. The molecule has 4 heteroatoms. The van der Waals surface area contributed by atoms with Crippen LogP contribution in [-0.2, 0) is 11.3 Å². The molecule has 1 fully saturated rings. The van der Waals surface area contributed by atoms with E-state index >= 15 is 0 Å². The monoisotopic (exact) mass is 235 g/mol. The van der Waals surface area contributed by atoms with Crippen LogP contribution in [0.3, 0.4) is 0 Å². The SMILES string of the molecule is CNCc1cnccc1N1CCOC(C)(C)C1. The second-order valence-corrected chi connectivity index (χ2v) is 5.06. The van der Waals surface area contributed by atoms with Crippen molar-refractivity contribution in [1.29, 1.82) is 0 Å². The highest BCUT2D eigenvalue weighted by Crippen LogP contribution is 2.25. The van der Waals surface area contributed by atoms with Crippen LogP contribution in [0.4, 0.5) is 5.69 Å². The number of pyridine rings is 1. The summed E-state index contributed by atoms with van der Waals surface area (Å²) in [6, 6.07) is 2.09.